The lowest BCUT2D eigenvalue weighted by Crippen LogP contribution is -2.24. The van der Waals surface area contributed by atoms with E-state index >= 15 is 0 Å². The molecule has 6 nitrogen and oxygen atoms in total. The van der Waals surface area contributed by atoms with Gasteiger partial charge in [0.1, 0.15) is 19.3 Å². The van der Waals surface area contributed by atoms with Crippen LogP contribution in [0.25, 0.3) is 0 Å². The van der Waals surface area contributed by atoms with E-state index in [9.17, 15) is 4.79 Å². The van der Waals surface area contributed by atoms with E-state index in [2.05, 4.69) is 0 Å². The molecule has 1 aliphatic heterocycles. The Morgan fingerprint density at radius 1 is 1.47 bits per heavy atom. The third-order valence-electron chi connectivity index (χ3n) is 2.22. The number of esters is 1. The topological polar surface area (TPSA) is 74.2 Å². The van der Waals surface area contributed by atoms with E-state index in [-0.39, 0.29) is 18.8 Å². The molecule has 1 rings (SSSR count). The van der Waals surface area contributed by atoms with Crippen LogP contribution in [0.4, 0.5) is 0 Å². The molecule has 88 valence electrons. The van der Waals surface area contributed by atoms with E-state index in [0.29, 0.717) is 6.42 Å². The zero-order chi connectivity index (χ0) is 11.3. The number of aliphatic hydroxyl groups is 1. The first kappa shape index (κ1) is 12.4. The third-order valence-corrected chi connectivity index (χ3v) is 2.22. The van der Waals surface area contributed by atoms with Crippen molar-refractivity contribution in [2.75, 3.05) is 27.4 Å². The molecule has 0 aromatic carbocycles. The predicted octanol–water partition coefficient (Wildman–Crippen LogP) is -0.702. The van der Waals surface area contributed by atoms with Crippen molar-refractivity contribution in [1.29, 1.82) is 0 Å². The molecule has 0 aromatic heterocycles. The first-order valence-corrected chi connectivity index (χ1v) is 4.68. The van der Waals surface area contributed by atoms with E-state index in [1.54, 1.807) is 7.11 Å². The second-order valence-electron chi connectivity index (χ2n) is 3.21. The molecule has 3 atom stereocenters. The Balaban J connectivity index is 2.30. The zero-order valence-electron chi connectivity index (χ0n) is 8.84. The molecule has 1 N–H and O–H groups in total. The molecule has 0 aliphatic carbocycles. The summed E-state index contributed by atoms with van der Waals surface area (Å²) in [4.78, 5) is 10.7. The lowest BCUT2D eigenvalue weighted by Gasteiger charge is -2.14. The molecule has 1 heterocycles. The van der Waals surface area contributed by atoms with Crippen molar-refractivity contribution < 1.29 is 28.8 Å². The molecule has 15 heavy (non-hydrogen) atoms. The minimum Gasteiger partial charge on any atom is -0.461 e. The predicted molar refractivity (Wildman–Crippen MR) is 49.1 cm³/mol. The maximum absolute atomic E-state index is 10.7. The molecule has 6 heteroatoms. The summed E-state index contributed by atoms with van der Waals surface area (Å²) in [6, 6.07) is 0. The van der Waals surface area contributed by atoms with Gasteiger partial charge in [-0.15, -0.1) is 0 Å². The van der Waals surface area contributed by atoms with Crippen LogP contribution in [0.5, 0.6) is 0 Å². The van der Waals surface area contributed by atoms with Gasteiger partial charge in [0.05, 0.1) is 6.10 Å². The van der Waals surface area contributed by atoms with Crippen LogP contribution in [0.3, 0.4) is 0 Å². The van der Waals surface area contributed by atoms with Crippen molar-refractivity contribution in [2.45, 2.75) is 24.9 Å². The SMILES string of the molecule is COC1C[C@@H](COC(=O)CO)O[C@@H]1OC. The second-order valence-corrected chi connectivity index (χ2v) is 3.21. The van der Waals surface area contributed by atoms with Gasteiger partial charge in [-0.2, -0.15) is 0 Å². The molecular weight excluding hydrogens is 204 g/mol. The minimum atomic E-state index is -0.659. The minimum absolute atomic E-state index is 0.110. The number of methoxy groups -OCH3 is 2. The number of carbonyl (C=O) groups excluding carboxylic acids is 1. The summed E-state index contributed by atoms with van der Waals surface area (Å²) in [6.07, 6.45) is -0.204. The summed E-state index contributed by atoms with van der Waals surface area (Å²) in [7, 11) is 3.10. The third kappa shape index (κ3) is 3.42. The van der Waals surface area contributed by atoms with Crippen LogP contribution in [0, 0.1) is 0 Å². The Labute approximate surface area is 88.1 Å². The molecular formula is C9H16O6. The molecule has 1 fully saturated rings. The summed E-state index contributed by atoms with van der Waals surface area (Å²) < 4.78 is 20.3. The Kier molecular flexibility index (Phi) is 4.97. The van der Waals surface area contributed by atoms with Crippen molar-refractivity contribution in [3.63, 3.8) is 0 Å². The van der Waals surface area contributed by atoms with Crippen LogP contribution < -0.4 is 0 Å². The molecule has 1 unspecified atom stereocenters. The van der Waals surface area contributed by atoms with Crippen molar-refractivity contribution in [2.24, 2.45) is 0 Å². The van der Waals surface area contributed by atoms with Crippen molar-refractivity contribution in [3.8, 4) is 0 Å². The van der Waals surface area contributed by atoms with E-state index in [1.165, 1.54) is 7.11 Å². The van der Waals surface area contributed by atoms with Gasteiger partial charge in [-0.3, -0.25) is 0 Å². The number of ether oxygens (including phenoxy) is 4. The Bertz CT molecular complexity index is 195. The van der Waals surface area contributed by atoms with Gasteiger partial charge in [-0.25, -0.2) is 4.79 Å². The van der Waals surface area contributed by atoms with Crippen molar-refractivity contribution in [1.82, 2.24) is 0 Å². The molecule has 0 aromatic rings. The van der Waals surface area contributed by atoms with Crippen LogP contribution in [-0.4, -0.2) is 57.0 Å². The molecule has 1 aliphatic rings. The van der Waals surface area contributed by atoms with Gasteiger partial charge >= 0.3 is 5.97 Å². The van der Waals surface area contributed by atoms with Crippen LogP contribution in [0.1, 0.15) is 6.42 Å². The van der Waals surface area contributed by atoms with Gasteiger partial charge in [-0.1, -0.05) is 0 Å². The van der Waals surface area contributed by atoms with Crippen LogP contribution in [0.15, 0.2) is 0 Å². The summed E-state index contributed by atoms with van der Waals surface area (Å²) in [5, 5.41) is 8.44. The number of aliphatic hydroxyl groups excluding tert-OH is 1. The molecule has 0 amide bonds. The van der Waals surface area contributed by atoms with Crippen molar-refractivity contribution in [3.05, 3.63) is 0 Å². The first-order valence-electron chi connectivity index (χ1n) is 4.68. The highest BCUT2D eigenvalue weighted by atomic mass is 16.7. The van der Waals surface area contributed by atoms with Crippen molar-refractivity contribution >= 4 is 5.97 Å². The number of rotatable bonds is 5. The van der Waals surface area contributed by atoms with Crippen LogP contribution in [-0.2, 0) is 23.7 Å². The van der Waals surface area contributed by atoms with Gasteiger partial charge in [0.15, 0.2) is 6.29 Å². The normalized spacial score (nSPS) is 30.5. The average Bonchev–Trinajstić information content (AvgIpc) is 2.68. The van der Waals surface area contributed by atoms with Crippen LogP contribution >= 0.6 is 0 Å². The molecule has 1 saturated heterocycles. The van der Waals surface area contributed by atoms with Gasteiger partial charge in [0.2, 0.25) is 0 Å². The lowest BCUT2D eigenvalue weighted by molar-refractivity contribution is -0.169. The first-order chi connectivity index (χ1) is 7.21. The fraction of sp³-hybridized carbons (Fsp3) is 0.889. The Hall–Kier alpha value is -0.690. The van der Waals surface area contributed by atoms with Gasteiger partial charge in [0.25, 0.3) is 0 Å². The fourth-order valence-corrected chi connectivity index (χ4v) is 1.46. The van der Waals surface area contributed by atoms with Gasteiger partial charge in [-0.05, 0) is 0 Å². The smallest absolute Gasteiger partial charge is 0.331 e. The Morgan fingerprint density at radius 3 is 2.67 bits per heavy atom. The van der Waals surface area contributed by atoms with E-state index in [0.717, 1.165) is 0 Å². The monoisotopic (exact) mass is 220 g/mol. The molecule has 0 radical (unpaired) electrons. The van der Waals surface area contributed by atoms with Gasteiger partial charge in [0, 0.05) is 20.6 Å². The highest BCUT2D eigenvalue weighted by Gasteiger charge is 2.36. The zero-order valence-corrected chi connectivity index (χ0v) is 8.84. The highest BCUT2D eigenvalue weighted by Crippen LogP contribution is 2.23. The number of hydrogen-bond acceptors (Lipinski definition) is 6. The Morgan fingerprint density at radius 2 is 2.20 bits per heavy atom. The summed E-state index contributed by atoms with van der Waals surface area (Å²) in [6.45, 7) is -0.507. The maximum atomic E-state index is 10.7. The molecule has 0 saturated carbocycles. The maximum Gasteiger partial charge on any atom is 0.331 e. The lowest BCUT2D eigenvalue weighted by atomic mass is 10.2. The highest BCUT2D eigenvalue weighted by molar-refractivity contribution is 5.70. The second kappa shape index (κ2) is 6.02. The summed E-state index contributed by atoms with van der Waals surface area (Å²) in [5.74, 6) is -0.659. The number of hydrogen-bond donors (Lipinski definition) is 1. The van der Waals surface area contributed by atoms with E-state index in [1.807, 2.05) is 0 Å². The fourth-order valence-electron chi connectivity index (χ4n) is 1.46. The van der Waals surface area contributed by atoms with E-state index in [4.69, 9.17) is 24.1 Å². The average molecular weight is 220 g/mol. The van der Waals surface area contributed by atoms with E-state index < -0.39 is 18.9 Å². The number of carbonyl (C=O) groups is 1. The molecule has 0 bridgehead atoms. The van der Waals surface area contributed by atoms with Crippen LogP contribution in [0.2, 0.25) is 0 Å². The summed E-state index contributed by atoms with van der Waals surface area (Å²) in [5.41, 5.74) is 0. The van der Waals surface area contributed by atoms with Gasteiger partial charge < -0.3 is 24.1 Å². The largest absolute Gasteiger partial charge is 0.461 e. The standard InChI is InChI=1S/C9H16O6/c1-12-7-3-6(15-9(7)13-2)5-14-8(11)4-10/h6-7,9-10H,3-5H2,1-2H3/t6-,7?,9-/m0/s1. The molecule has 0 spiro atoms. The summed E-state index contributed by atoms with van der Waals surface area (Å²) >= 11 is 0. The quantitative estimate of drug-likeness (QED) is 0.617.